The Morgan fingerprint density at radius 3 is 2.18 bits per heavy atom. The lowest BCUT2D eigenvalue weighted by Crippen LogP contribution is -2.15. The van der Waals surface area contributed by atoms with Crippen molar-refractivity contribution in [3.63, 3.8) is 0 Å². The van der Waals surface area contributed by atoms with Crippen molar-refractivity contribution in [3.05, 3.63) is 44.8 Å². The van der Waals surface area contributed by atoms with Crippen molar-refractivity contribution in [2.75, 3.05) is 11.1 Å². The van der Waals surface area contributed by atoms with Gasteiger partial charge in [-0.05, 0) is 91.1 Å². The van der Waals surface area contributed by atoms with Crippen LogP contribution in [0.2, 0.25) is 0 Å². The molecule has 0 radical (unpaired) electrons. The summed E-state index contributed by atoms with van der Waals surface area (Å²) in [5.74, 6) is 1.22. The van der Waals surface area contributed by atoms with Crippen LogP contribution in [0.1, 0.15) is 4.88 Å². The molecule has 0 spiro atoms. The van der Waals surface area contributed by atoms with E-state index in [2.05, 4.69) is 91.0 Å². The molecule has 0 fully saturated rings. The van der Waals surface area contributed by atoms with Crippen molar-refractivity contribution in [3.8, 4) is 0 Å². The predicted molar refractivity (Wildman–Crippen MR) is 114 cm³/mol. The molecular formula is C13H8Br5NOS2. The van der Waals surface area contributed by atoms with Gasteiger partial charge in [-0.1, -0.05) is 6.07 Å². The van der Waals surface area contributed by atoms with E-state index in [-0.39, 0.29) is 5.91 Å². The zero-order valence-electron chi connectivity index (χ0n) is 10.8. The summed E-state index contributed by atoms with van der Waals surface area (Å²) in [6.45, 7) is 0. The number of halogens is 5. The molecule has 0 unspecified atom stereocenters. The molecule has 0 saturated carbocycles. The summed E-state index contributed by atoms with van der Waals surface area (Å²) >= 11 is 20.7. The fourth-order valence-electron chi connectivity index (χ4n) is 1.53. The molecule has 0 atom stereocenters. The molecule has 0 aliphatic rings. The van der Waals surface area contributed by atoms with Crippen molar-refractivity contribution >= 4 is 114 Å². The molecule has 2 nitrogen and oxygen atoms in total. The molecule has 2 rings (SSSR count). The number of nitrogens with one attached hydrogen (secondary N) is 1. The van der Waals surface area contributed by atoms with E-state index < -0.39 is 0 Å². The lowest BCUT2D eigenvalue weighted by Gasteiger charge is -2.14. The summed E-state index contributed by atoms with van der Waals surface area (Å²) in [4.78, 5) is 13.4. The second-order valence-corrected chi connectivity index (χ2v) is 10.0. The van der Waals surface area contributed by atoms with Crippen molar-refractivity contribution in [2.24, 2.45) is 0 Å². The first kappa shape index (κ1) is 19.5. The molecule has 1 N–H and O–H groups in total. The van der Waals surface area contributed by atoms with Crippen LogP contribution in [0.15, 0.2) is 39.9 Å². The summed E-state index contributed by atoms with van der Waals surface area (Å²) in [6.07, 6.45) is 0. The number of amides is 1. The van der Waals surface area contributed by atoms with Gasteiger partial charge in [0, 0.05) is 24.0 Å². The zero-order chi connectivity index (χ0) is 16.3. The molecule has 1 aromatic carbocycles. The molecule has 1 aromatic heterocycles. The molecule has 0 aliphatic carbocycles. The average molecular weight is 658 g/mol. The van der Waals surface area contributed by atoms with Crippen molar-refractivity contribution in [2.45, 2.75) is 5.75 Å². The lowest BCUT2D eigenvalue weighted by atomic mass is 10.3. The topological polar surface area (TPSA) is 29.1 Å². The average Bonchev–Trinajstić information content (AvgIpc) is 3.01. The first-order chi connectivity index (χ1) is 10.4. The normalized spacial score (nSPS) is 10.8. The van der Waals surface area contributed by atoms with Crippen LogP contribution in [-0.4, -0.2) is 11.7 Å². The summed E-state index contributed by atoms with van der Waals surface area (Å²) in [7, 11) is 0. The summed E-state index contributed by atoms with van der Waals surface area (Å²) in [6, 6.07) is 4.09. The standard InChI is InChI=1S/C13H8Br5NOS2/c14-8-9(15)11(17)13(12(18)10(8)16)19-7(20)5-21-4-6-2-1-3-22-6/h1-3H,4-5H2,(H,19,20). The molecule has 1 amide bonds. The first-order valence-corrected chi connectivity index (χ1v) is 11.8. The van der Waals surface area contributed by atoms with E-state index in [0.29, 0.717) is 11.4 Å². The van der Waals surface area contributed by atoms with Crippen LogP contribution < -0.4 is 5.32 Å². The first-order valence-electron chi connectivity index (χ1n) is 5.83. The molecule has 118 valence electrons. The molecule has 2 aromatic rings. The maximum absolute atomic E-state index is 12.1. The van der Waals surface area contributed by atoms with Crippen LogP contribution in [0.5, 0.6) is 0 Å². The van der Waals surface area contributed by atoms with Gasteiger partial charge in [-0.2, -0.15) is 0 Å². The van der Waals surface area contributed by atoms with Crippen molar-refractivity contribution < 1.29 is 4.79 Å². The number of hydrogen-bond acceptors (Lipinski definition) is 3. The van der Waals surface area contributed by atoms with Crippen LogP contribution in [-0.2, 0) is 10.5 Å². The highest BCUT2D eigenvalue weighted by Crippen LogP contribution is 2.47. The van der Waals surface area contributed by atoms with E-state index in [0.717, 1.165) is 28.1 Å². The molecule has 22 heavy (non-hydrogen) atoms. The summed E-state index contributed by atoms with van der Waals surface area (Å²) < 4.78 is 4.11. The van der Waals surface area contributed by atoms with Gasteiger partial charge in [0.2, 0.25) is 5.91 Å². The Kier molecular flexibility index (Phi) is 7.97. The van der Waals surface area contributed by atoms with Crippen molar-refractivity contribution in [1.29, 1.82) is 0 Å². The smallest absolute Gasteiger partial charge is 0.234 e. The number of carbonyl (C=O) groups is 1. The maximum Gasteiger partial charge on any atom is 0.234 e. The number of anilines is 1. The molecule has 9 heteroatoms. The van der Waals surface area contributed by atoms with Gasteiger partial charge in [-0.25, -0.2) is 0 Å². The Labute approximate surface area is 178 Å². The molecule has 0 saturated heterocycles. The summed E-state index contributed by atoms with van der Waals surface area (Å²) in [5.41, 5.74) is 0.698. The quantitative estimate of drug-likeness (QED) is 0.268. The summed E-state index contributed by atoms with van der Waals surface area (Å²) in [5, 5.41) is 4.98. The molecule has 0 bridgehead atoms. The number of carbonyl (C=O) groups excluding carboxylic acids is 1. The Morgan fingerprint density at radius 1 is 1.05 bits per heavy atom. The van der Waals surface area contributed by atoms with E-state index in [1.165, 1.54) is 4.88 Å². The van der Waals surface area contributed by atoms with Crippen LogP contribution in [0.25, 0.3) is 0 Å². The number of thiophene rings is 1. The van der Waals surface area contributed by atoms with Gasteiger partial charge in [0.05, 0.1) is 20.4 Å². The fourth-order valence-corrected chi connectivity index (χ4v) is 6.44. The second-order valence-electron chi connectivity index (χ2n) is 4.07. The van der Waals surface area contributed by atoms with Gasteiger partial charge >= 0.3 is 0 Å². The van der Waals surface area contributed by atoms with Crippen LogP contribution in [0.4, 0.5) is 5.69 Å². The molecule has 1 heterocycles. The third-order valence-corrected chi connectivity index (χ3v) is 10.7. The minimum absolute atomic E-state index is 0.0379. The Morgan fingerprint density at radius 2 is 1.64 bits per heavy atom. The maximum atomic E-state index is 12.1. The van der Waals surface area contributed by atoms with E-state index >= 15 is 0 Å². The van der Waals surface area contributed by atoms with E-state index in [9.17, 15) is 4.79 Å². The number of benzene rings is 1. The fraction of sp³-hybridized carbons (Fsp3) is 0.154. The lowest BCUT2D eigenvalue weighted by molar-refractivity contribution is -0.113. The van der Waals surface area contributed by atoms with Gasteiger partial charge in [-0.15, -0.1) is 23.1 Å². The largest absolute Gasteiger partial charge is 0.323 e. The van der Waals surface area contributed by atoms with Crippen LogP contribution in [0.3, 0.4) is 0 Å². The number of rotatable bonds is 5. The van der Waals surface area contributed by atoms with Gasteiger partial charge in [-0.3, -0.25) is 4.79 Å². The highest BCUT2D eigenvalue weighted by Gasteiger charge is 2.19. The molecule has 0 aliphatic heterocycles. The van der Waals surface area contributed by atoms with Gasteiger partial charge in [0.15, 0.2) is 0 Å². The Balaban J connectivity index is 2.02. The van der Waals surface area contributed by atoms with Crippen LogP contribution in [0, 0.1) is 0 Å². The zero-order valence-corrected chi connectivity index (χ0v) is 20.3. The van der Waals surface area contributed by atoms with Gasteiger partial charge in [0.25, 0.3) is 0 Å². The minimum atomic E-state index is -0.0379. The highest BCUT2D eigenvalue weighted by atomic mass is 79.9. The molecular weight excluding hydrogens is 650 g/mol. The SMILES string of the molecule is O=C(CSCc1cccs1)Nc1c(Br)c(Br)c(Br)c(Br)c1Br. The van der Waals surface area contributed by atoms with Crippen LogP contribution >= 0.6 is 103 Å². The Hall–Kier alpha value is 1.14. The Bertz CT molecular complexity index is 661. The minimum Gasteiger partial charge on any atom is -0.323 e. The van der Waals surface area contributed by atoms with Gasteiger partial charge < -0.3 is 5.32 Å². The second kappa shape index (κ2) is 9.01. The highest BCUT2D eigenvalue weighted by molar-refractivity contribution is 9.15. The third kappa shape index (κ3) is 4.83. The van der Waals surface area contributed by atoms with E-state index in [1.807, 2.05) is 11.4 Å². The number of thioether (sulfide) groups is 1. The van der Waals surface area contributed by atoms with E-state index in [1.54, 1.807) is 23.1 Å². The van der Waals surface area contributed by atoms with Gasteiger partial charge in [0.1, 0.15) is 0 Å². The predicted octanol–water partition coefficient (Wildman–Crippen LogP) is 7.43. The van der Waals surface area contributed by atoms with Crippen molar-refractivity contribution in [1.82, 2.24) is 0 Å². The van der Waals surface area contributed by atoms with E-state index in [4.69, 9.17) is 0 Å². The third-order valence-electron chi connectivity index (χ3n) is 2.53. The monoisotopic (exact) mass is 653 g/mol. The number of hydrogen-bond donors (Lipinski definition) is 1.